The third kappa shape index (κ3) is 3.22. The Kier molecular flexibility index (Phi) is 5.23. The molecule has 1 heterocycles. The standard InChI is InChI=1S/C14H18N2O4/c15-5-7-19-9-10-20-8-6-16-13(17)11-3-1-2-4-12(11)14(16)18/h1-4H,5-10,15H2. The van der Waals surface area contributed by atoms with Crippen LogP contribution in [0.4, 0.5) is 0 Å². The number of carbonyl (C=O) groups excluding carboxylic acids is 2. The Hall–Kier alpha value is -1.76. The van der Waals surface area contributed by atoms with Crippen LogP contribution in [0, 0.1) is 0 Å². The quantitative estimate of drug-likeness (QED) is 0.545. The molecule has 0 saturated carbocycles. The fraction of sp³-hybridized carbons (Fsp3) is 0.429. The summed E-state index contributed by atoms with van der Waals surface area (Å²) in [5, 5.41) is 0. The molecule has 1 aromatic carbocycles. The first kappa shape index (κ1) is 14.6. The minimum absolute atomic E-state index is 0.253. The largest absolute Gasteiger partial charge is 0.378 e. The maximum absolute atomic E-state index is 12.0. The lowest BCUT2D eigenvalue weighted by molar-refractivity contribution is 0.0372. The number of amides is 2. The van der Waals surface area contributed by atoms with Crippen LogP contribution in [-0.4, -0.2) is 56.2 Å². The highest BCUT2D eigenvalue weighted by Crippen LogP contribution is 2.21. The van der Waals surface area contributed by atoms with E-state index < -0.39 is 0 Å². The van der Waals surface area contributed by atoms with Gasteiger partial charge < -0.3 is 15.2 Å². The number of nitrogens with two attached hydrogens (primary N) is 1. The number of rotatable bonds is 8. The van der Waals surface area contributed by atoms with E-state index in [0.717, 1.165) is 0 Å². The van der Waals surface area contributed by atoms with Crippen molar-refractivity contribution < 1.29 is 19.1 Å². The smallest absolute Gasteiger partial charge is 0.261 e. The first-order valence-electron chi connectivity index (χ1n) is 6.56. The van der Waals surface area contributed by atoms with Crippen molar-refractivity contribution in [2.75, 3.05) is 39.5 Å². The molecule has 6 heteroatoms. The van der Waals surface area contributed by atoms with E-state index in [1.54, 1.807) is 24.3 Å². The van der Waals surface area contributed by atoms with Crippen molar-refractivity contribution in [3.05, 3.63) is 35.4 Å². The summed E-state index contributed by atoms with van der Waals surface area (Å²) in [6.07, 6.45) is 0. The minimum atomic E-state index is -0.256. The Bertz CT molecular complexity index is 455. The van der Waals surface area contributed by atoms with Gasteiger partial charge >= 0.3 is 0 Å². The lowest BCUT2D eigenvalue weighted by Gasteiger charge is -2.13. The molecule has 0 saturated heterocycles. The zero-order valence-electron chi connectivity index (χ0n) is 11.2. The summed E-state index contributed by atoms with van der Waals surface area (Å²) in [5.41, 5.74) is 6.20. The van der Waals surface area contributed by atoms with Crippen LogP contribution in [-0.2, 0) is 9.47 Å². The second kappa shape index (κ2) is 7.14. The van der Waals surface area contributed by atoms with Crippen LogP contribution in [0.25, 0.3) is 0 Å². The third-order valence-electron chi connectivity index (χ3n) is 2.97. The molecule has 0 spiro atoms. The van der Waals surface area contributed by atoms with Gasteiger partial charge in [-0.05, 0) is 12.1 Å². The molecule has 0 fully saturated rings. The molecule has 0 atom stereocenters. The molecule has 20 heavy (non-hydrogen) atoms. The number of carbonyl (C=O) groups is 2. The van der Waals surface area contributed by atoms with E-state index in [1.807, 2.05) is 0 Å². The van der Waals surface area contributed by atoms with Crippen LogP contribution in [0.2, 0.25) is 0 Å². The van der Waals surface area contributed by atoms with Gasteiger partial charge in [0, 0.05) is 6.54 Å². The van der Waals surface area contributed by atoms with Crippen LogP contribution < -0.4 is 5.73 Å². The van der Waals surface area contributed by atoms with Gasteiger partial charge in [0.2, 0.25) is 0 Å². The molecule has 108 valence electrons. The average molecular weight is 278 g/mol. The van der Waals surface area contributed by atoms with Crippen LogP contribution in [0.15, 0.2) is 24.3 Å². The summed E-state index contributed by atoms with van der Waals surface area (Å²) in [5.74, 6) is -0.512. The van der Waals surface area contributed by atoms with Gasteiger partial charge in [0.25, 0.3) is 11.8 Å². The van der Waals surface area contributed by atoms with E-state index in [1.165, 1.54) is 4.90 Å². The van der Waals surface area contributed by atoms with Gasteiger partial charge in [-0.1, -0.05) is 12.1 Å². The summed E-state index contributed by atoms with van der Waals surface area (Å²) in [4.78, 5) is 25.3. The van der Waals surface area contributed by atoms with Gasteiger partial charge in [-0.3, -0.25) is 14.5 Å². The maximum Gasteiger partial charge on any atom is 0.261 e. The zero-order chi connectivity index (χ0) is 14.4. The monoisotopic (exact) mass is 278 g/mol. The van der Waals surface area contributed by atoms with Crippen LogP contribution in [0.3, 0.4) is 0 Å². The molecule has 0 aliphatic carbocycles. The lowest BCUT2D eigenvalue weighted by Crippen LogP contribution is -2.33. The molecule has 0 aromatic heterocycles. The zero-order valence-corrected chi connectivity index (χ0v) is 11.2. The average Bonchev–Trinajstić information content (AvgIpc) is 2.71. The Balaban J connectivity index is 1.75. The van der Waals surface area contributed by atoms with Gasteiger partial charge in [-0.25, -0.2) is 0 Å². The van der Waals surface area contributed by atoms with E-state index in [4.69, 9.17) is 15.2 Å². The van der Waals surface area contributed by atoms with Gasteiger partial charge in [0.05, 0.1) is 44.1 Å². The molecule has 2 amide bonds. The third-order valence-corrected chi connectivity index (χ3v) is 2.97. The van der Waals surface area contributed by atoms with Crippen molar-refractivity contribution in [3.8, 4) is 0 Å². The summed E-state index contributed by atoms with van der Waals surface area (Å²) in [7, 11) is 0. The minimum Gasteiger partial charge on any atom is -0.378 e. The summed E-state index contributed by atoms with van der Waals surface area (Å²) in [6.45, 7) is 2.42. The number of fused-ring (bicyclic) bond motifs is 1. The van der Waals surface area contributed by atoms with E-state index in [0.29, 0.717) is 44.1 Å². The van der Waals surface area contributed by atoms with E-state index in [9.17, 15) is 9.59 Å². The lowest BCUT2D eigenvalue weighted by atomic mass is 10.1. The molecule has 6 nitrogen and oxygen atoms in total. The van der Waals surface area contributed by atoms with Crippen molar-refractivity contribution in [1.82, 2.24) is 4.90 Å². The first-order valence-corrected chi connectivity index (χ1v) is 6.56. The number of hydrogen-bond acceptors (Lipinski definition) is 5. The van der Waals surface area contributed by atoms with Gasteiger partial charge in [0.15, 0.2) is 0 Å². The number of nitrogens with zero attached hydrogens (tertiary/aromatic N) is 1. The summed E-state index contributed by atoms with van der Waals surface area (Å²) in [6, 6.07) is 6.83. The van der Waals surface area contributed by atoms with Crippen molar-refractivity contribution in [2.45, 2.75) is 0 Å². The Morgan fingerprint density at radius 1 is 0.900 bits per heavy atom. The van der Waals surface area contributed by atoms with E-state index in [2.05, 4.69) is 0 Å². The van der Waals surface area contributed by atoms with Gasteiger partial charge in [-0.2, -0.15) is 0 Å². The number of hydrogen-bond donors (Lipinski definition) is 1. The predicted octanol–water partition coefficient (Wildman–Crippen LogP) is 0.275. The Labute approximate surface area is 117 Å². The predicted molar refractivity (Wildman–Crippen MR) is 72.5 cm³/mol. The number of imide groups is 1. The molecule has 0 unspecified atom stereocenters. The van der Waals surface area contributed by atoms with Crippen molar-refractivity contribution in [3.63, 3.8) is 0 Å². The molecule has 2 rings (SSSR count). The maximum atomic E-state index is 12.0. The van der Waals surface area contributed by atoms with Crippen LogP contribution in [0.5, 0.6) is 0 Å². The molecule has 1 aromatic rings. The summed E-state index contributed by atoms with van der Waals surface area (Å²) >= 11 is 0. The Morgan fingerprint density at radius 3 is 2.00 bits per heavy atom. The molecule has 1 aliphatic heterocycles. The van der Waals surface area contributed by atoms with Crippen LogP contribution in [0.1, 0.15) is 20.7 Å². The molecule has 0 radical (unpaired) electrons. The fourth-order valence-corrected chi connectivity index (χ4v) is 2.00. The van der Waals surface area contributed by atoms with Crippen molar-refractivity contribution >= 4 is 11.8 Å². The SMILES string of the molecule is NCCOCCOCCN1C(=O)c2ccccc2C1=O. The Morgan fingerprint density at radius 2 is 1.45 bits per heavy atom. The summed E-state index contributed by atoms with van der Waals surface area (Å²) < 4.78 is 10.5. The molecule has 0 bridgehead atoms. The highest BCUT2D eigenvalue weighted by atomic mass is 16.5. The second-order valence-corrected chi connectivity index (χ2v) is 4.32. The highest BCUT2D eigenvalue weighted by molar-refractivity contribution is 6.21. The number of benzene rings is 1. The second-order valence-electron chi connectivity index (χ2n) is 4.32. The fourth-order valence-electron chi connectivity index (χ4n) is 2.00. The van der Waals surface area contributed by atoms with E-state index >= 15 is 0 Å². The van der Waals surface area contributed by atoms with E-state index in [-0.39, 0.29) is 18.4 Å². The molecule has 2 N–H and O–H groups in total. The highest BCUT2D eigenvalue weighted by Gasteiger charge is 2.34. The number of ether oxygens (including phenoxy) is 2. The molecular formula is C14H18N2O4. The van der Waals surface area contributed by atoms with Crippen LogP contribution >= 0.6 is 0 Å². The topological polar surface area (TPSA) is 81.9 Å². The molecule has 1 aliphatic rings. The van der Waals surface area contributed by atoms with Gasteiger partial charge in [-0.15, -0.1) is 0 Å². The van der Waals surface area contributed by atoms with Crippen molar-refractivity contribution in [2.24, 2.45) is 5.73 Å². The van der Waals surface area contributed by atoms with Gasteiger partial charge in [0.1, 0.15) is 0 Å². The molecular weight excluding hydrogens is 260 g/mol. The van der Waals surface area contributed by atoms with Crippen molar-refractivity contribution in [1.29, 1.82) is 0 Å². The normalized spacial score (nSPS) is 13.9. The first-order chi connectivity index (χ1) is 9.75.